The Bertz CT molecular complexity index is 1190. The summed E-state index contributed by atoms with van der Waals surface area (Å²) in [5.41, 5.74) is 1.88. The van der Waals surface area contributed by atoms with Crippen molar-refractivity contribution in [3.63, 3.8) is 0 Å². The molecule has 1 N–H and O–H groups in total. The van der Waals surface area contributed by atoms with E-state index in [-0.39, 0.29) is 17.8 Å². The van der Waals surface area contributed by atoms with Crippen LogP contribution in [0.4, 0.5) is 4.39 Å². The predicted octanol–water partition coefficient (Wildman–Crippen LogP) is 5.61. The molecule has 1 unspecified atom stereocenters. The Kier molecular flexibility index (Phi) is 5.23. The van der Waals surface area contributed by atoms with E-state index < -0.39 is 5.25 Å². The molecule has 0 bridgehead atoms. The van der Waals surface area contributed by atoms with Gasteiger partial charge in [-0.25, -0.2) is 14.4 Å². The summed E-state index contributed by atoms with van der Waals surface area (Å²) < 4.78 is 13.4. The molecular weight excluding hydrogens is 417 g/mol. The van der Waals surface area contributed by atoms with E-state index >= 15 is 0 Å². The normalized spacial score (nSPS) is 14.6. The van der Waals surface area contributed by atoms with Gasteiger partial charge in [-0.3, -0.25) is 4.79 Å². The van der Waals surface area contributed by atoms with Crippen molar-refractivity contribution in [2.75, 3.05) is 0 Å². The zero-order valence-corrected chi connectivity index (χ0v) is 17.5. The first kappa shape index (κ1) is 19.2. The van der Waals surface area contributed by atoms with Crippen molar-refractivity contribution in [3.05, 3.63) is 78.4 Å². The Morgan fingerprint density at radius 1 is 1.10 bits per heavy atom. The predicted molar refractivity (Wildman–Crippen MR) is 119 cm³/mol. The van der Waals surface area contributed by atoms with E-state index in [1.54, 1.807) is 23.5 Å². The van der Waals surface area contributed by atoms with Gasteiger partial charge < -0.3 is 5.32 Å². The summed E-state index contributed by atoms with van der Waals surface area (Å²) in [5.74, 6) is -0.390. The number of halogens is 1. The van der Waals surface area contributed by atoms with Crippen molar-refractivity contribution in [2.45, 2.75) is 29.2 Å². The van der Waals surface area contributed by atoms with E-state index in [1.165, 1.54) is 30.2 Å². The average Bonchev–Trinajstić information content (AvgIpc) is 3.47. The molecule has 0 aliphatic heterocycles. The van der Waals surface area contributed by atoms with Gasteiger partial charge in [-0.05, 0) is 42.2 Å². The van der Waals surface area contributed by atoms with Crippen LogP contribution >= 0.6 is 23.1 Å². The number of rotatable bonds is 6. The second-order valence-electron chi connectivity index (χ2n) is 7.21. The monoisotopic (exact) mass is 435 g/mol. The van der Waals surface area contributed by atoms with Crippen LogP contribution in [0.1, 0.15) is 23.7 Å². The highest BCUT2D eigenvalue weighted by Crippen LogP contribution is 2.41. The maximum absolute atomic E-state index is 13.4. The quantitative estimate of drug-likeness (QED) is 0.316. The first-order valence-electron chi connectivity index (χ1n) is 9.70. The number of carbonyl (C=O) groups excluding carboxylic acids is 1. The van der Waals surface area contributed by atoms with E-state index in [2.05, 4.69) is 33.5 Å². The number of aromatic nitrogens is 2. The number of thiophene rings is 1. The molecule has 0 saturated heterocycles. The summed E-state index contributed by atoms with van der Waals surface area (Å²) in [5, 5.41) is 4.24. The maximum Gasteiger partial charge on any atom is 0.238 e. The third-order valence-corrected chi connectivity index (χ3v) is 7.28. The van der Waals surface area contributed by atoms with E-state index in [1.807, 2.05) is 18.2 Å². The van der Waals surface area contributed by atoms with Gasteiger partial charge in [0.15, 0.2) is 0 Å². The molecule has 1 aliphatic rings. The van der Waals surface area contributed by atoms with E-state index in [4.69, 9.17) is 0 Å². The number of thioether (sulfide) groups is 1. The van der Waals surface area contributed by atoms with Crippen molar-refractivity contribution in [2.24, 2.45) is 0 Å². The Balaban J connectivity index is 1.51. The topological polar surface area (TPSA) is 54.9 Å². The molecule has 0 spiro atoms. The van der Waals surface area contributed by atoms with Crippen LogP contribution in [0.3, 0.4) is 0 Å². The standard InChI is InChI=1S/C23H18FN3OS2/c24-16-8-6-15(7-9-16)20(21(28)27-17-10-11-17)30-23-18-12-19(14-4-2-1-3-5-14)29-22(18)25-13-26-23/h1-9,12-13,17,20H,10-11H2,(H,27,28). The summed E-state index contributed by atoms with van der Waals surface area (Å²) in [6.07, 6.45) is 3.56. The molecule has 4 aromatic rings. The van der Waals surface area contributed by atoms with E-state index in [9.17, 15) is 9.18 Å². The molecule has 1 atom stereocenters. The molecule has 30 heavy (non-hydrogen) atoms. The fourth-order valence-electron chi connectivity index (χ4n) is 3.20. The van der Waals surface area contributed by atoms with Crippen LogP contribution in [0, 0.1) is 5.82 Å². The number of nitrogens with zero attached hydrogens (tertiary/aromatic N) is 2. The van der Waals surface area contributed by atoms with Crippen LogP contribution in [0.15, 0.2) is 72.0 Å². The molecular formula is C23H18FN3OS2. The molecule has 2 heterocycles. The summed E-state index contributed by atoms with van der Waals surface area (Å²) in [6.45, 7) is 0. The SMILES string of the molecule is O=C(NC1CC1)C(Sc1ncnc2sc(-c3ccccc3)cc12)c1ccc(F)cc1. The molecule has 1 fully saturated rings. The summed E-state index contributed by atoms with van der Waals surface area (Å²) >= 11 is 2.99. The number of hydrogen-bond donors (Lipinski definition) is 1. The third kappa shape index (κ3) is 4.08. The van der Waals surface area contributed by atoms with Crippen molar-refractivity contribution >= 4 is 39.2 Å². The number of nitrogens with one attached hydrogen (secondary N) is 1. The summed E-state index contributed by atoms with van der Waals surface area (Å²) in [4.78, 5) is 23.9. The van der Waals surface area contributed by atoms with Crippen LogP contribution in [-0.2, 0) is 4.79 Å². The minimum atomic E-state index is -0.510. The fraction of sp³-hybridized carbons (Fsp3) is 0.174. The lowest BCUT2D eigenvalue weighted by atomic mass is 10.1. The van der Waals surface area contributed by atoms with Crippen LogP contribution in [0.25, 0.3) is 20.7 Å². The maximum atomic E-state index is 13.4. The Morgan fingerprint density at radius 2 is 1.87 bits per heavy atom. The molecule has 150 valence electrons. The van der Waals surface area contributed by atoms with Gasteiger partial charge in [-0.2, -0.15) is 0 Å². The zero-order chi connectivity index (χ0) is 20.5. The van der Waals surface area contributed by atoms with Crippen molar-refractivity contribution in [1.82, 2.24) is 15.3 Å². The molecule has 1 aliphatic carbocycles. The van der Waals surface area contributed by atoms with Crippen LogP contribution < -0.4 is 5.32 Å². The number of carbonyl (C=O) groups is 1. The fourth-order valence-corrected chi connectivity index (χ4v) is 5.35. The minimum Gasteiger partial charge on any atom is -0.352 e. The lowest BCUT2D eigenvalue weighted by Gasteiger charge is -2.16. The first-order valence-corrected chi connectivity index (χ1v) is 11.4. The second kappa shape index (κ2) is 8.16. The minimum absolute atomic E-state index is 0.0700. The van der Waals surface area contributed by atoms with Gasteiger partial charge in [-0.15, -0.1) is 11.3 Å². The first-order chi connectivity index (χ1) is 14.7. The molecule has 4 nitrogen and oxygen atoms in total. The molecule has 1 amide bonds. The number of fused-ring (bicyclic) bond motifs is 1. The van der Waals surface area contributed by atoms with E-state index in [0.29, 0.717) is 0 Å². The number of hydrogen-bond acceptors (Lipinski definition) is 5. The van der Waals surface area contributed by atoms with Gasteiger partial charge in [0.2, 0.25) is 5.91 Å². The van der Waals surface area contributed by atoms with Gasteiger partial charge in [0.25, 0.3) is 0 Å². The van der Waals surface area contributed by atoms with Gasteiger partial charge in [0.05, 0.1) is 0 Å². The average molecular weight is 436 g/mol. The Morgan fingerprint density at radius 3 is 2.60 bits per heavy atom. The smallest absolute Gasteiger partial charge is 0.238 e. The van der Waals surface area contributed by atoms with Crippen LogP contribution in [0.5, 0.6) is 0 Å². The highest BCUT2D eigenvalue weighted by Gasteiger charge is 2.30. The molecule has 0 radical (unpaired) electrons. The van der Waals surface area contributed by atoms with Crippen molar-refractivity contribution < 1.29 is 9.18 Å². The van der Waals surface area contributed by atoms with Gasteiger partial charge in [0, 0.05) is 16.3 Å². The lowest BCUT2D eigenvalue weighted by Crippen LogP contribution is -2.29. The molecule has 2 aromatic heterocycles. The van der Waals surface area contributed by atoms with E-state index in [0.717, 1.165) is 44.1 Å². The van der Waals surface area contributed by atoms with Crippen molar-refractivity contribution in [1.29, 1.82) is 0 Å². The molecule has 2 aromatic carbocycles. The lowest BCUT2D eigenvalue weighted by molar-refractivity contribution is -0.120. The molecule has 1 saturated carbocycles. The van der Waals surface area contributed by atoms with Gasteiger partial charge in [-0.1, -0.05) is 54.2 Å². The Labute approximate surface area is 181 Å². The van der Waals surface area contributed by atoms with Crippen LogP contribution in [0.2, 0.25) is 0 Å². The second-order valence-corrected chi connectivity index (χ2v) is 9.33. The van der Waals surface area contributed by atoms with Crippen molar-refractivity contribution in [3.8, 4) is 10.4 Å². The third-order valence-electron chi connectivity index (χ3n) is 4.92. The Hall–Kier alpha value is -2.77. The highest BCUT2D eigenvalue weighted by atomic mass is 32.2. The van der Waals surface area contributed by atoms with Crippen LogP contribution in [-0.4, -0.2) is 21.9 Å². The summed E-state index contributed by atoms with van der Waals surface area (Å²) in [6, 6.07) is 18.6. The largest absolute Gasteiger partial charge is 0.352 e. The summed E-state index contributed by atoms with van der Waals surface area (Å²) in [7, 11) is 0. The molecule has 7 heteroatoms. The van der Waals surface area contributed by atoms with Gasteiger partial charge >= 0.3 is 0 Å². The highest BCUT2D eigenvalue weighted by molar-refractivity contribution is 8.00. The van der Waals surface area contributed by atoms with Gasteiger partial charge in [0.1, 0.15) is 27.3 Å². The number of amides is 1. The number of benzene rings is 2. The zero-order valence-electron chi connectivity index (χ0n) is 15.9. The molecule has 5 rings (SSSR count).